The van der Waals surface area contributed by atoms with Crippen molar-refractivity contribution in [2.24, 2.45) is 0 Å². The lowest BCUT2D eigenvalue weighted by atomic mass is 10.1. The number of aryl methyl sites for hydroxylation is 1. The second-order valence-corrected chi connectivity index (χ2v) is 6.58. The van der Waals surface area contributed by atoms with Crippen LogP contribution in [0, 0.1) is 6.92 Å². The number of fused-ring (bicyclic) bond motifs is 1. The van der Waals surface area contributed by atoms with Crippen LogP contribution in [0.5, 0.6) is 0 Å². The lowest BCUT2D eigenvalue weighted by Crippen LogP contribution is -2.26. The van der Waals surface area contributed by atoms with Crippen LogP contribution in [0.15, 0.2) is 53.3 Å². The van der Waals surface area contributed by atoms with Crippen LogP contribution < -0.4 is 10.9 Å². The maximum atomic E-state index is 12.6. The molecule has 0 aliphatic heterocycles. The van der Waals surface area contributed by atoms with Gasteiger partial charge in [0.05, 0.1) is 17.6 Å². The molecule has 6 nitrogen and oxygen atoms in total. The first kappa shape index (κ1) is 19.8. The Morgan fingerprint density at radius 3 is 2.64 bits per heavy atom. The summed E-state index contributed by atoms with van der Waals surface area (Å²) in [5, 5.41) is 2.89. The molecule has 3 aromatic rings. The molecule has 2 aromatic carbocycles. The van der Waals surface area contributed by atoms with Gasteiger partial charge < -0.3 is 14.6 Å². The number of ether oxygens (including phenoxy) is 1. The molecule has 28 heavy (non-hydrogen) atoms. The summed E-state index contributed by atoms with van der Waals surface area (Å²) < 4.78 is 6.98. The van der Waals surface area contributed by atoms with E-state index in [1.54, 1.807) is 23.6 Å². The minimum Gasteiger partial charge on any atom is -0.382 e. The molecule has 0 aliphatic rings. The highest BCUT2D eigenvalue weighted by atomic mass is 16.5. The summed E-state index contributed by atoms with van der Waals surface area (Å²) in [6, 6.07) is 14.9. The number of carbonyl (C=O) groups is 1. The van der Waals surface area contributed by atoms with Crippen LogP contribution >= 0.6 is 0 Å². The Balaban J connectivity index is 1.71. The molecular weight excluding hydrogens is 354 g/mol. The molecule has 0 bridgehead atoms. The Hall–Kier alpha value is -2.99. The number of hydrogen-bond donors (Lipinski definition) is 1. The van der Waals surface area contributed by atoms with E-state index < -0.39 is 0 Å². The van der Waals surface area contributed by atoms with E-state index in [1.165, 1.54) is 0 Å². The van der Waals surface area contributed by atoms with Gasteiger partial charge in [0.15, 0.2) is 0 Å². The van der Waals surface area contributed by atoms with Crippen molar-refractivity contribution in [3.05, 3.63) is 75.7 Å². The smallest absolute Gasteiger partial charge is 0.272 e. The predicted molar refractivity (Wildman–Crippen MR) is 110 cm³/mol. The third-order valence-electron chi connectivity index (χ3n) is 4.53. The first-order valence-electron chi connectivity index (χ1n) is 9.51. The van der Waals surface area contributed by atoms with Gasteiger partial charge in [-0.25, -0.2) is 4.98 Å². The van der Waals surface area contributed by atoms with Crippen molar-refractivity contribution in [1.82, 2.24) is 14.9 Å². The molecule has 0 saturated carbocycles. The van der Waals surface area contributed by atoms with Gasteiger partial charge in [0, 0.05) is 25.3 Å². The molecule has 1 N–H and O–H groups in total. The van der Waals surface area contributed by atoms with E-state index in [0.29, 0.717) is 37.6 Å². The van der Waals surface area contributed by atoms with Crippen LogP contribution in [-0.4, -0.2) is 35.2 Å². The summed E-state index contributed by atoms with van der Waals surface area (Å²) in [7, 11) is 0. The van der Waals surface area contributed by atoms with Gasteiger partial charge in [-0.1, -0.05) is 24.3 Å². The average Bonchev–Trinajstić information content (AvgIpc) is 2.71. The average molecular weight is 379 g/mol. The van der Waals surface area contributed by atoms with Crippen molar-refractivity contribution in [2.45, 2.75) is 26.8 Å². The number of aromatic nitrogens is 2. The zero-order valence-corrected chi connectivity index (χ0v) is 16.3. The van der Waals surface area contributed by atoms with E-state index in [4.69, 9.17) is 4.74 Å². The topological polar surface area (TPSA) is 73.2 Å². The summed E-state index contributed by atoms with van der Waals surface area (Å²) >= 11 is 0. The molecule has 3 rings (SSSR count). The number of para-hydroxylation sites is 2. The van der Waals surface area contributed by atoms with Crippen LogP contribution in [-0.2, 0) is 11.3 Å². The minimum atomic E-state index is -0.106. The van der Waals surface area contributed by atoms with Crippen molar-refractivity contribution >= 4 is 16.9 Å². The number of nitrogens with zero attached hydrogens (tertiary/aromatic N) is 2. The standard InChI is InChI=1S/C22H25N3O3/c1-3-28-14-6-13-23-21(26)18-11-9-17(10-12-18)15-25-20-8-5-4-7-19(20)24-16(2)22(25)27/h4-5,7-12H,3,6,13-15H2,1-2H3,(H,23,26). The van der Waals surface area contributed by atoms with Crippen LogP contribution in [0.2, 0.25) is 0 Å². The van der Waals surface area contributed by atoms with Crippen LogP contribution in [0.1, 0.15) is 35.0 Å². The maximum Gasteiger partial charge on any atom is 0.272 e. The van der Waals surface area contributed by atoms with E-state index in [2.05, 4.69) is 10.3 Å². The van der Waals surface area contributed by atoms with Gasteiger partial charge in [-0.2, -0.15) is 0 Å². The molecule has 6 heteroatoms. The second-order valence-electron chi connectivity index (χ2n) is 6.58. The highest BCUT2D eigenvalue weighted by Gasteiger charge is 2.09. The molecule has 0 radical (unpaired) electrons. The summed E-state index contributed by atoms with van der Waals surface area (Å²) in [6.07, 6.45) is 0.787. The van der Waals surface area contributed by atoms with E-state index in [1.807, 2.05) is 43.3 Å². The summed E-state index contributed by atoms with van der Waals surface area (Å²) in [6.45, 7) is 6.01. The molecule has 0 aliphatic carbocycles. The number of benzene rings is 2. The quantitative estimate of drug-likeness (QED) is 0.611. The highest BCUT2D eigenvalue weighted by Crippen LogP contribution is 2.13. The van der Waals surface area contributed by atoms with E-state index in [0.717, 1.165) is 23.0 Å². The van der Waals surface area contributed by atoms with Crippen molar-refractivity contribution in [3.8, 4) is 0 Å². The number of amides is 1. The van der Waals surface area contributed by atoms with E-state index in [9.17, 15) is 9.59 Å². The summed E-state index contributed by atoms with van der Waals surface area (Å²) in [4.78, 5) is 29.2. The number of hydrogen-bond acceptors (Lipinski definition) is 4. The SMILES string of the molecule is CCOCCCNC(=O)c1ccc(Cn2c(=O)c(C)nc3ccccc32)cc1. The van der Waals surface area contributed by atoms with Crippen LogP contribution in [0.3, 0.4) is 0 Å². The van der Waals surface area contributed by atoms with E-state index >= 15 is 0 Å². The lowest BCUT2D eigenvalue weighted by molar-refractivity contribution is 0.0944. The summed E-state index contributed by atoms with van der Waals surface area (Å²) in [5.74, 6) is -0.106. The van der Waals surface area contributed by atoms with Crippen molar-refractivity contribution in [1.29, 1.82) is 0 Å². The molecule has 0 saturated heterocycles. The van der Waals surface area contributed by atoms with Gasteiger partial charge >= 0.3 is 0 Å². The predicted octanol–water partition coefficient (Wildman–Crippen LogP) is 2.91. The first-order valence-corrected chi connectivity index (χ1v) is 9.51. The fourth-order valence-corrected chi connectivity index (χ4v) is 3.04. The zero-order chi connectivity index (χ0) is 19.9. The zero-order valence-electron chi connectivity index (χ0n) is 16.3. The number of carbonyl (C=O) groups excluding carboxylic acids is 1. The first-order chi connectivity index (χ1) is 13.6. The number of rotatable bonds is 8. The van der Waals surface area contributed by atoms with Crippen molar-refractivity contribution < 1.29 is 9.53 Å². The van der Waals surface area contributed by atoms with Crippen LogP contribution in [0.4, 0.5) is 0 Å². The third-order valence-corrected chi connectivity index (χ3v) is 4.53. The Morgan fingerprint density at radius 1 is 1.14 bits per heavy atom. The minimum absolute atomic E-state index is 0.102. The molecular formula is C22H25N3O3. The van der Waals surface area contributed by atoms with Gasteiger partial charge in [-0.3, -0.25) is 9.59 Å². The second kappa shape index (κ2) is 9.28. The maximum absolute atomic E-state index is 12.6. The van der Waals surface area contributed by atoms with Gasteiger partial charge in [-0.15, -0.1) is 0 Å². The fourth-order valence-electron chi connectivity index (χ4n) is 3.04. The van der Waals surface area contributed by atoms with Gasteiger partial charge in [0.25, 0.3) is 11.5 Å². The molecule has 0 spiro atoms. The van der Waals surface area contributed by atoms with Gasteiger partial charge in [-0.05, 0) is 50.1 Å². The molecule has 0 fully saturated rings. The Bertz CT molecular complexity index is 1010. The molecule has 1 amide bonds. The van der Waals surface area contributed by atoms with Crippen molar-refractivity contribution in [2.75, 3.05) is 19.8 Å². The normalized spacial score (nSPS) is 10.9. The Kier molecular flexibility index (Phi) is 6.55. The Labute approximate surface area is 164 Å². The van der Waals surface area contributed by atoms with Crippen molar-refractivity contribution in [3.63, 3.8) is 0 Å². The fraction of sp³-hybridized carbons (Fsp3) is 0.318. The third kappa shape index (κ3) is 4.64. The monoisotopic (exact) mass is 379 g/mol. The molecule has 0 atom stereocenters. The highest BCUT2D eigenvalue weighted by molar-refractivity contribution is 5.94. The number of nitrogens with one attached hydrogen (secondary N) is 1. The van der Waals surface area contributed by atoms with E-state index in [-0.39, 0.29) is 11.5 Å². The van der Waals surface area contributed by atoms with Gasteiger partial charge in [0.1, 0.15) is 5.69 Å². The lowest BCUT2D eigenvalue weighted by Gasteiger charge is -2.12. The summed E-state index contributed by atoms with van der Waals surface area (Å²) in [5.41, 5.74) is 3.52. The molecule has 146 valence electrons. The molecule has 0 unspecified atom stereocenters. The molecule has 1 heterocycles. The molecule has 1 aromatic heterocycles. The largest absolute Gasteiger partial charge is 0.382 e. The Morgan fingerprint density at radius 2 is 1.89 bits per heavy atom. The van der Waals surface area contributed by atoms with Gasteiger partial charge in [0.2, 0.25) is 0 Å². The van der Waals surface area contributed by atoms with Crippen LogP contribution in [0.25, 0.3) is 11.0 Å².